The average molecular weight is 196 g/mol. The molecule has 0 aliphatic heterocycles. The third-order valence-electron chi connectivity index (χ3n) is 1.63. The minimum Gasteiger partial charge on any atom is -0.420 e. The molecule has 0 spiro atoms. The van der Waals surface area contributed by atoms with Crippen LogP contribution in [0.1, 0.15) is 0 Å². The Hall–Kier alpha value is 0.127. The van der Waals surface area contributed by atoms with Gasteiger partial charge in [-0.2, -0.15) is 0 Å². The quantitative estimate of drug-likeness (QED) is 0.627. The molecule has 0 saturated carbocycles. The standard InChI is InChI=1S/C6H16O3SSi/c1-9-11(3,4)6-5-10(2,7)8/h5-6H2,1-4H3. The van der Waals surface area contributed by atoms with Gasteiger partial charge >= 0.3 is 0 Å². The van der Waals surface area contributed by atoms with Gasteiger partial charge in [-0.1, -0.05) is 0 Å². The molecule has 0 N–H and O–H groups in total. The van der Waals surface area contributed by atoms with Crippen LogP contribution in [0.25, 0.3) is 0 Å². The van der Waals surface area contributed by atoms with Crippen molar-refractivity contribution in [2.45, 2.75) is 19.1 Å². The predicted molar refractivity (Wildman–Crippen MR) is 49.0 cm³/mol. The summed E-state index contributed by atoms with van der Waals surface area (Å²) in [4.78, 5) is 0. The van der Waals surface area contributed by atoms with Gasteiger partial charge in [0.25, 0.3) is 0 Å². The molecule has 0 aliphatic carbocycles. The molecule has 0 fully saturated rings. The molecule has 0 rings (SSSR count). The molecule has 0 aromatic rings. The molecule has 0 aliphatic rings. The van der Waals surface area contributed by atoms with Gasteiger partial charge < -0.3 is 4.43 Å². The second kappa shape index (κ2) is 3.69. The Balaban J connectivity index is 3.90. The first kappa shape index (κ1) is 11.1. The first-order valence-corrected chi connectivity index (χ1v) is 8.67. The minimum atomic E-state index is -2.81. The fourth-order valence-corrected chi connectivity index (χ4v) is 4.19. The molecule has 0 unspecified atom stereocenters. The van der Waals surface area contributed by atoms with Crippen LogP contribution >= 0.6 is 0 Å². The molecule has 0 radical (unpaired) electrons. The zero-order valence-corrected chi connectivity index (χ0v) is 9.36. The van der Waals surface area contributed by atoms with Gasteiger partial charge in [-0.25, -0.2) is 8.42 Å². The van der Waals surface area contributed by atoms with E-state index in [1.54, 1.807) is 7.11 Å². The van der Waals surface area contributed by atoms with Crippen molar-refractivity contribution in [2.24, 2.45) is 0 Å². The van der Waals surface area contributed by atoms with Gasteiger partial charge in [-0.3, -0.25) is 0 Å². The Morgan fingerprint density at radius 3 is 2.09 bits per heavy atom. The highest BCUT2D eigenvalue weighted by Gasteiger charge is 2.22. The molecule has 3 nitrogen and oxygen atoms in total. The third-order valence-corrected chi connectivity index (χ3v) is 5.49. The third kappa shape index (κ3) is 6.52. The van der Waals surface area contributed by atoms with Crippen LogP contribution in [0, 0.1) is 0 Å². The van der Waals surface area contributed by atoms with Crippen molar-refractivity contribution in [3.05, 3.63) is 0 Å². The fourth-order valence-electron chi connectivity index (χ4n) is 0.533. The van der Waals surface area contributed by atoms with Crippen LogP contribution in [-0.2, 0) is 14.3 Å². The van der Waals surface area contributed by atoms with E-state index >= 15 is 0 Å². The van der Waals surface area contributed by atoms with Crippen LogP contribution in [-0.4, -0.2) is 35.9 Å². The second-order valence-corrected chi connectivity index (χ2v) is 10.0. The molecule has 11 heavy (non-hydrogen) atoms. The van der Waals surface area contributed by atoms with E-state index in [0.29, 0.717) is 6.04 Å². The van der Waals surface area contributed by atoms with Gasteiger partial charge in [-0.05, 0) is 19.1 Å². The van der Waals surface area contributed by atoms with Gasteiger partial charge in [0.1, 0.15) is 9.84 Å². The maximum absolute atomic E-state index is 10.8. The summed E-state index contributed by atoms with van der Waals surface area (Å²) in [6.07, 6.45) is 1.26. The van der Waals surface area contributed by atoms with Crippen molar-refractivity contribution in [1.29, 1.82) is 0 Å². The summed E-state index contributed by atoms with van der Waals surface area (Å²) in [6, 6.07) is 0.683. The Bertz CT molecular complexity index is 208. The SMILES string of the molecule is CO[Si](C)(C)CCS(C)(=O)=O. The summed E-state index contributed by atoms with van der Waals surface area (Å²) >= 11 is 0. The van der Waals surface area contributed by atoms with Crippen molar-refractivity contribution in [2.75, 3.05) is 19.1 Å². The highest BCUT2D eigenvalue weighted by atomic mass is 32.2. The van der Waals surface area contributed by atoms with E-state index in [-0.39, 0.29) is 5.75 Å². The number of hydrogen-bond donors (Lipinski definition) is 0. The van der Waals surface area contributed by atoms with E-state index in [0.717, 1.165) is 0 Å². The lowest BCUT2D eigenvalue weighted by molar-refractivity contribution is 0.405. The van der Waals surface area contributed by atoms with Gasteiger partial charge in [0.2, 0.25) is 0 Å². The van der Waals surface area contributed by atoms with Crippen LogP contribution in [0.2, 0.25) is 19.1 Å². The molecular formula is C6H16O3SSi. The van der Waals surface area contributed by atoms with Crippen molar-refractivity contribution in [1.82, 2.24) is 0 Å². The number of sulfone groups is 1. The summed E-state index contributed by atoms with van der Waals surface area (Å²) in [7, 11) is -2.83. The van der Waals surface area contributed by atoms with Gasteiger partial charge in [0.15, 0.2) is 8.32 Å². The maximum Gasteiger partial charge on any atom is 0.187 e. The zero-order valence-electron chi connectivity index (χ0n) is 7.55. The molecule has 0 saturated heterocycles. The summed E-state index contributed by atoms with van der Waals surface area (Å²) in [5.74, 6) is 0.250. The average Bonchev–Trinajstić information content (AvgIpc) is 1.83. The Morgan fingerprint density at radius 2 is 1.82 bits per heavy atom. The van der Waals surface area contributed by atoms with Crippen LogP contribution in [0.15, 0.2) is 0 Å². The number of rotatable bonds is 4. The van der Waals surface area contributed by atoms with E-state index in [2.05, 4.69) is 0 Å². The summed E-state index contributed by atoms with van der Waals surface area (Å²) in [6.45, 7) is 4.02. The fraction of sp³-hybridized carbons (Fsp3) is 1.00. The van der Waals surface area contributed by atoms with Gasteiger partial charge in [0, 0.05) is 19.1 Å². The van der Waals surface area contributed by atoms with E-state index < -0.39 is 18.2 Å². The van der Waals surface area contributed by atoms with Crippen molar-refractivity contribution in [3.8, 4) is 0 Å². The summed E-state index contributed by atoms with van der Waals surface area (Å²) < 4.78 is 26.7. The molecule has 0 atom stereocenters. The molecule has 0 aromatic carbocycles. The number of hydrogen-bond acceptors (Lipinski definition) is 3. The van der Waals surface area contributed by atoms with Crippen LogP contribution in [0.4, 0.5) is 0 Å². The van der Waals surface area contributed by atoms with E-state index in [4.69, 9.17) is 4.43 Å². The molecular weight excluding hydrogens is 180 g/mol. The lowest BCUT2D eigenvalue weighted by Gasteiger charge is -2.18. The van der Waals surface area contributed by atoms with E-state index in [1.165, 1.54) is 6.26 Å². The Morgan fingerprint density at radius 1 is 1.36 bits per heavy atom. The maximum atomic E-state index is 10.8. The largest absolute Gasteiger partial charge is 0.420 e. The van der Waals surface area contributed by atoms with Crippen molar-refractivity contribution >= 4 is 18.2 Å². The van der Waals surface area contributed by atoms with Crippen molar-refractivity contribution < 1.29 is 12.8 Å². The van der Waals surface area contributed by atoms with E-state index in [1.807, 2.05) is 13.1 Å². The topological polar surface area (TPSA) is 43.4 Å². The molecule has 0 heterocycles. The zero-order chi connectivity index (χ0) is 9.12. The van der Waals surface area contributed by atoms with Gasteiger partial charge in [-0.15, -0.1) is 0 Å². The molecule has 0 aromatic heterocycles. The first-order chi connectivity index (χ1) is 4.77. The molecule has 0 bridgehead atoms. The monoisotopic (exact) mass is 196 g/mol. The highest BCUT2D eigenvalue weighted by Crippen LogP contribution is 2.10. The summed E-state index contributed by atoms with van der Waals surface area (Å²) in [5, 5.41) is 0. The molecule has 0 amide bonds. The van der Waals surface area contributed by atoms with Crippen LogP contribution in [0.5, 0.6) is 0 Å². The minimum absolute atomic E-state index is 0.250. The normalized spacial score (nSPS) is 13.5. The predicted octanol–water partition coefficient (Wildman–Crippen LogP) is 0.882. The second-order valence-electron chi connectivity index (χ2n) is 3.34. The Labute approximate surface area is 69.8 Å². The van der Waals surface area contributed by atoms with Gasteiger partial charge in [0.05, 0.1) is 0 Å². The van der Waals surface area contributed by atoms with Crippen molar-refractivity contribution in [3.63, 3.8) is 0 Å². The Kier molecular flexibility index (Phi) is 3.73. The molecule has 5 heteroatoms. The smallest absolute Gasteiger partial charge is 0.187 e. The molecule has 68 valence electrons. The van der Waals surface area contributed by atoms with Crippen LogP contribution in [0.3, 0.4) is 0 Å². The lowest BCUT2D eigenvalue weighted by Crippen LogP contribution is -2.30. The highest BCUT2D eigenvalue weighted by molar-refractivity contribution is 7.90. The lowest BCUT2D eigenvalue weighted by atomic mass is 11.0. The summed E-state index contributed by atoms with van der Waals surface area (Å²) in [5.41, 5.74) is 0. The van der Waals surface area contributed by atoms with E-state index in [9.17, 15) is 8.42 Å². The van der Waals surface area contributed by atoms with Crippen LogP contribution < -0.4 is 0 Å². The first-order valence-electron chi connectivity index (χ1n) is 3.50.